The van der Waals surface area contributed by atoms with Crippen molar-refractivity contribution in [3.8, 4) is 0 Å². The first kappa shape index (κ1) is 22.5. The Hall–Kier alpha value is -2.66. The number of benzene rings is 4. The predicted molar refractivity (Wildman–Crippen MR) is 136 cm³/mol. The van der Waals surface area contributed by atoms with Crippen molar-refractivity contribution in [2.75, 3.05) is 31.2 Å². The Bertz CT molecular complexity index is 1050. The van der Waals surface area contributed by atoms with Crippen LogP contribution in [0.3, 0.4) is 0 Å². The monoisotopic (exact) mass is 489 g/mol. The molecule has 32 heavy (non-hydrogen) atoms. The quantitative estimate of drug-likeness (QED) is 0.215. The van der Waals surface area contributed by atoms with Crippen LogP contribution in [0.25, 0.3) is 10.8 Å². The number of rotatable bonds is 11. The molecule has 4 heteroatoms. The van der Waals surface area contributed by atoms with Crippen LogP contribution in [0.1, 0.15) is 11.1 Å². The van der Waals surface area contributed by atoms with Crippen molar-refractivity contribution in [1.29, 1.82) is 0 Å². The van der Waals surface area contributed by atoms with Gasteiger partial charge in [0, 0.05) is 23.2 Å². The highest BCUT2D eigenvalue weighted by molar-refractivity contribution is 9.10. The Morgan fingerprint density at radius 2 is 1.12 bits per heavy atom. The highest BCUT2D eigenvalue weighted by atomic mass is 79.9. The molecule has 0 radical (unpaired) electrons. The van der Waals surface area contributed by atoms with E-state index < -0.39 is 0 Å². The molecule has 0 N–H and O–H groups in total. The molecular weight excluding hydrogens is 462 g/mol. The summed E-state index contributed by atoms with van der Waals surface area (Å²) in [6, 6.07) is 33.6. The second-order valence-electron chi connectivity index (χ2n) is 7.74. The first-order valence-corrected chi connectivity index (χ1v) is 11.7. The molecule has 0 unspecified atom stereocenters. The van der Waals surface area contributed by atoms with Crippen molar-refractivity contribution in [2.24, 2.45) is 0 Å². The van der Waals surface area contributed by atoms with Crippen LogP contribution in [0.5, 0.6) is 0 Å². The number of hydrogen-bond acceptors (Lipinski definition) is 3. The standard InChI is InChI=1S/C28H28BrNO2/c29-27-13-11-26-20-28(14-12-25(26)19-27)30(15-17-31-21-23-7-3-1-4-8-23)16-18-32-22-24-9-5-2-6-10-24/h1-14,19-20H,15-18,21-22H2. The van der Waals surface area contributed by atoms with E-state index in [0.29, 0.717) is 26.4 Å². The molecule has 4 rings (SSSR count). The molecule has 0 amide bonds. The molecule has 0 fully saturated rings. The molecule has 0 aliphatic heterocycles. The van der Waals surface area contributed by atoms with Crippen molar-refractivity contribution in [3.63, 3.8) is 0 Å². The molecule has 0 aromatic heterocycles. The fourth-order valence-corrected chi connectivity index (χ4v) is 4.03. The molecule has 0 saturated carbocycles. The van der Waals surface area contributed by atoms with Crippen LogP contribution in [0, 0.1) is 0 Å². The van der Waals surface area contributed by atoms with Crippen molar-refractivity contribution >= 4 is 32.4 Å². The average molecular weight is 490 g/mol. The lowest BCUT2D eigenvalue weighted by Gasteiger charge is -2.25. The van der Waals surface area contributed by atoms with Crippen molar-refractivity contribution in [3.05, 3.63) is 113 Å². The summed E-state index contributed by atoms with van der Waals surface area (Å²) in [6.07, 6.45) is 0. The molecule has 4 aromatic carbocycles. The minimum Gasteiger partial charge on any atom is -0.375 e. The van der Waals surface area contributed by atoms with Crippen LogP contribution in [-0.2, 0) is 22.7 Å². The van der Waals surface area contributed by atoms with E-state index in [1.54, 1.807) is 0 Å². The number of ether oxygens (including phenoxy) is 2. The molecule has 0 aliphatic carbocycles. The number of hydrogen-bond donors (Lipinski definition) is 0. The lowest BCUT2D eigenvalue weighted by atomic mass is 10.1. The SMILES string of the molecule is Brc1ccc2cc(N(CCOCc3ccccc3)CCOCc3ccccc3)ccc2c1. The van der Waals surface area contributed by atoms with E-state index >= 15 is 0 Å². The summed E-state index contributed by atoms with van der Waals surface area (Å²) in [5.41, 5.74) is 3.58. The van der Waals surface area contributed by atoms with E-state index in [4.69, 9.17) is 9.47 Å². The van der Waals surface area contributed by atoms with Crippen LogP contribution < -0.4 is 4.90 Å². The number of nitrogens with zero attached hydrogens (tertiary/aromatic N) is 1. The Labute approximate surface area is 198 Å². The van der Waals surface area contributed by atoms with Gasteiger partial charge in [-0.05, 0) is 46.2 Å². The van der Waals surface area contributed by atoms with Crippen molar-refractivity contribution in [2.45, 2.75) is 13.2 Å². The van der Waals surface area contributed by atoms with Crippen LogP contribution in [0.4, 0.5) is 5.69 Å². The third-order valence-corrected chi connectivity index (χ3v) is 5.88. The first-order chi connectivity index (χ1) is 15.8. The third-order valence-electron chi connectivity index (χ3n) is 5.39. The Morgan fingerprint density at radius 3 is 1.72 bits per heavy atom. The summed E-state index contributed by atoms with van der Waals surface area (Å²) in [5.74, 6) is 0. The van der Waals surface area contributed by atoms with E-state index in [1.807, 2.05) is 36.4 Å². The largest absolute Gasteiger partial charge is 0.375 e. The highest BCUT2D eigenvalue weighted by Crippen LogP contribution is 2.25. The van der Waals surface area contributed by atoms with Gasteiger partial charge in [-0.2, -0.15) is 0 Å². The Kier molecular flexibility index (Phi) is 8.32. The maximum absolute atomic E-state index is 5.96. The van der Waals surface area contributed by atoms with Crippen molar-refractivity contribution < 1.29 is 9.47 Å². The van der Waals surface area contributed by atoms with Crippen LogP contribution >= 0.6 is 15.9 Å². The molecule has 3 nitrogen and oxygen atoms in total. The summed E-state index contributed by atoms with van der Waals surface area (Å²) in [7, 11) is 0. The number of halogens is 1. The molecule has 0 spiro atoms. The van der Waals surface area contributed by atoms with Gasteiger partial charge in [-0.15, -0.1) is 0 Å². The zero-order chi connectivity index (χ0) is 22.0. The van der Waals surface area contributed by atoms with Crippen LogP contribution in [0.15, 0.2) is 102 Å². The maximum atomic E-state index is 5.96. The molecule has 0 bridgehead atoms. The van der Waals surface area contributed by atoms with Gasteiger partial charge in [0.2, 0.25) is 0 Å². The summed E-state index contributed by atoms with van der Waals surface area (Å²) >= 11 is 3.56. The van der Waals surface area contributed by atoms with E-state index in [1.165, 1.54) is 27.6 Å². The summed E-state index contributed by atoms with van der Waals surface area (Å²) in [6.45, 7) is 4.20. The van der Waals surface area contributed by atoms with E-state index in [9.17, 15) is 0 Å². The lowest BCUT2D eigenvalue weighted by molar-refractivity contribution is 0.115. The van der Waals surface area contributed by atoms with Gasteiger partial charge in [-0.1, -0.05) is 88.7 Å². The first-order valence-electron chi connectivity index (χ1n) is 11.0. The second kappa shape index (κ2) is 11.8. The highest BCUT2D eigenvalue weighted by Gasteiger charge is 2.08. The zero-order valence-electron chi connectivity index (χ0n) is 18.1. The fraction of sp³-hybridized carbons (Fsp3) is 0.214. The van der Waals surface area contributed by atoms with Gasteiger partial charge in [0.1, 0.15) is 0 Å². The van der Waals surface area contributed by atoms with E-state index in [2.05, 4.69) is 81.5 Å². The smallest absolute Gasteiger partial charge is 0.0717 e. The number of fused-ring (bicyclic) bond motifs is 1. The summed E-state index contributed by atoms with van der Waals surface area (Å²) in [5, 5.41) is 2.45. The summed E-state index contributed by atoms with van der Waals surface area (Å²) in [4.78, 5) is 2.34. The van der Waals surface area contributed by atoms with Crippen LogP contribution in [-0.4, -0.2) is 26.3 Å². The van der Waals surface area contributed by atoms with Gasteiger partial charge in [-0.25, -0.2) is 0 Å². The molecule has 0 aliphatic rings. The predicted octanol–water partition coefficient (Wildman–Crippen LogP) is 6.84. The fourth-order valence-electron chi connectivity index (χ4n) is 3.65. The van der Waals surface area contributed by atoms with Gasteiger partial charge >= 0.3 is 0 Å². The molecular formula is C28H28BrNO2. The second-order valence-corrected chi connectivity index (χ2v) is 8.65. The van der Waals surface area contributed by atoms with Gasteiger partial charge in [0.25, 0.3) is 0 Å². The Morgan fingerprint density at radius 1 is 0.594 bits per heavy atom. The topological polar surface area (TPSA) is 21.7 Å². The summed E-state index contributed by atoms with van der Waals surface area (Å²) < 4.78 is 13.0. The average Bonchev–Trinajstić information content (AvgIpc) is 2.84. The normalized spacial score (nSPS) is 11.0. The van der Waals surface area contributed by atoms with Gasteiger partial charge in [-0.3, -0.25) is 0 Å². The molecule has 0 saturated heterocycles. The van der Waals surface area contributed by atoms with Gasteiger partial charge in [0.15, 0.2) is 0 Å². The van der Waals surface area contributed by atoms with Gasteiger partial charge in [0.05, 0.1) is 26.4 Å². The Balaban J connectivity index is 1.37. The third kappa shape index (κ3) is 6.67. The lowest BCUT2D eigenvalue weighted by Crippen LogP contribution is -2.31. The van der Waals surface area contributed by atoms with E-state index in [0.717, 1.165) is 17.6 Å². The van der Waals surface area contributed by atoms with Gasteiger partial charge < -0.3 is 14.4 Å². The molecule has 4 aromatic rings. The van der Waals surface area contributed by atoms with Crippen molar-refractivity contribution in [1.82, 2.24) is 0 Å². The minimum atomic E-state index is 0.630. The molecule has 0 heterocycles. The van der Waals surface area contributed by atoms with E-state index in [-0.39, 0.29) is 0 Å². The minimum absolute atomic E-state index is 0.630. The van der Waals surface area contributed by atoms with Crippen LogP contribution in [0.2, 0.25) is 0 Å². The molecule has 164 valence electrons. The maximum Gasteiger partial charge on any atom is 0.0717 e. The zero-order valence-corrected chi connectivity index (χ0v) is 19.7. The number of anilines is 1. The molecule has 0 atom stereocenters.